The van der Waals surface area contributed by atoms with Gasteiger partial charge in [0.1, 0.15) is 11.5 Å². The van der Waals surface area contributed by atoms with Gasteiger partial charge in [0, 0.05) is 90.1 Å². The Hall–Kier alpha value is -4.16. The Balaban J connectivity index is 1.10. The third-order valence-corrected chi connectivity index (χ3v) is 11.0. The Morgan fingerprint density at radius 2 is 1.57 bits per heavy atom. The number of amides is 4. The Bertz CT molecular complexity index is 1570. The highest BCUT2D eigenvalue weighted by atomic mass is 16.5. The number of fused-ring (bicyclic) bond motifs is 1. The van der Waals surface area contributed by atoms with Crippen LogP contribution in [0, 0.1) is 19.8 Å². The highest BCUT2D eigenvalue weighted by molar-refractivity contribution is 5.91. The van der Waals surface area contributed by atoms with Crippen LogP contribution in [0.2, 0.25) is 0 Å². The van der Waals surface area contributed by atoms with Crippen LogP contribution in [0.3, 0.4) is 0 Å². The van der Waals surface area contributed by atoms with Crippen LogP contribution in [0.25, 0.3) is 0 Å². The van der Waals surface area contributed by atoms with E-state index < -0.39 is 5.92 Å². The quantitative estimate of drug-likeness (QED) is 0.305. The highest BCUT2D eigenvalue weighted by Gasteiger charge is 2.35. The first kappa shape index (κ1) is 36.6. The number of nitrogens with one attached hydrogen (secondary N) is 1. The fourth-order valence-electron chi connectivity index (χ4n) is 8.28. The fraction of sp³-hybridized carbons (Fsp3) is 0.590. The number of anilines is 1. The van der Waals surface area contributed by atoms with Crippen molar-refractivity contribution < 1.29 is 33.4 Å². The first-order valence-electron chi connectivity index (χ1n) is 18.5. The Morgan fingerprint density at radius 3 is 2.22 bits per heavy atom. The average Bonchev–Trinajstić information content (AvgIpc) is 3.30. The molecule has 4 heterocycles. The lowest BCUT2D eigenvalue weighted by Crippen LogP contribution is -2.54. The number of nitrogens with zero attached hydrogens (tertiary/aromatic N) is 4. The summed E-state index contributed by atoms with van der Waals surface area (Å²) in [6.07, 6.45) is 4.67. The second-order valence-electron chi connectivity index (χ2n) is 14.5. The van der Waals surface area contributed by atoms with Crippen molar-refractivity contribution in [3.8, 4) is 11.5 Å². The SMILES string of the molecule is COc1ccc2c(c1)CCN(C1CCN(C(=O)C[C@H](Cc3cc(C)c(OC(C)=O)c(C)c3)C(=O)N3CCN(C4CCOCC4)CC3)CC1)C(=O)N2. The summed E-state index contributed by atoms with van der Waals surface area (Å²) < 4.78 is 16.4. The number of hydrogen-bond acceptors (Lipinski definition) is 8. The van der Waals surface area contributed by atoms with Crippen LogP contribution in [0.5, 0.6) is 11.5 Å². The summed E-state index contributed by atoms with van der Waals surface area (Å²) in [6.45, 7) is 11.4. The van der Waals surface area contributed by atoms with Crippen molar-refractivity contribution in [3.63, 3.8) is 0 Å². The van der Waals surface area contributed by atoms with Gasteiger partial charge in [-0.15, -0.1) is 0 Å². The summed E-state index contributed by atoms with van der Waals surface area (Å²) in [5.41, 5.74) is 4.44. The highest BCUT2D eigenvalue weighted by Crippen LogP contribution is 2.30. The van der Waals surface area contributed by atoms with Gasteiger partial charge in [-0.05, 0) is 92.8 Å². The van der Waals surface area contributed by atoms with E-state index in [0.29, 0.717) is 63.8 Å². The summed E-state index contributed by atoms with van der Waals surface area (Å²) in [4.78, 5) is 61.3. The predicted molar refractivity (Wildman–Crippen MR) is 193 cm³/mol. The first-order chi connectivity index (χ1) is 24.6. The molecule has 1 N–H and O–H groups in total. The van der Waals surface area contributed by atoms with E-state index in [1.54, 1.807) is 7.11 Å². The molecule has 51 heavy (non-hydrogen) atoms. The lowest BCUT2D eigenvalue weighted by Gasteiger charge is -2.41. The number of urea groups is 1. The molecule has 0 aliphatic carbocycles. The molecule has 12 nitrogen and oxygen atoms in total. The van der Waals surface area contributed by atoms with E-state index in [0.717, 1.165) is 79.3 Å². The van der Waals surface area contributed by atoms with Crippen LogP contribution in [0.1, 0.15) is 61.3 Å². The number of methoxy groups -OCH3 is 1. The number of ether oxygens (including phenoxy) is 3. The number of carbonyl (C=O) groups is 4. The molecule has 0 radical (unpaired) electrons. The zero-order valence-corrected chi connectivity index (χ0v) is 30.6. The van der Waals surface area contributed by atoms with E-state index in [1.807, 2.05) is 58.9 Å². The minimum atomic E-state index is -0.518. The van der Waals surface area contributed by atoms with Crippen LogP contribution < -0.4 is 14.8 Å². The molecule has 3 saturated heterocycles. The number of piperidine rings is 1. The van der Waals surface area contributed by atoms with E-state index in [-0.39, 0.29) is 36.3 Å². The second-order valence-corrected chi connectivity index (χ2v) is 14.5. The van der Waals surface area contributed by atoms with Crippen molar-refractivity contribution >= 4 is 29.5 Å². The smallest absolute Gasteiger partial charge is 0.322 e. The molecule has 0 unspecified atom stereocenters. The summed E-state index contributed by atoms with van der Waals surface area (Å²) in [7, 11) is 1.64. The summed E-state index contributed by atoms with van der Waals surface area (Å²) in [6, 6.07) is 10.0. The van der Waals surface area contributed by atoms with Crippen LogP contribution in [-0.2, 0) is 32.0 Å². The Morgan fingerprint density at radius 1 is 0.882 bits per heavy atom. The van der Waals surface area contributed by atoms with Crippen molar-refractivity contribution in [2.45, 2.75) is 77.8 Å². The number of piperazine rings is 1. The van der Waals surface area contributed by atoms with Crippen molar-refractivity contribution in [2.75, 3.05) is 71.5 Å². The van der Waals surface area contributed by atoms with Gasteiger partial charge in [0.15, 0.2) is 0 Å². The number of benzene rings is 2. The number of rotatable bonds is 9. The minimum Gasteiger partial charge on any atom is -0.497 e. The zero-order chi connectivity index (χ0) is 36.1. The number of carbonyl (C=O) groups excluding carboxylic acids is 4. The normalized spacial score (nSPS) is 19.9. The summed E-state index contributed by atoms with van der Waals surface area (Å²) in [5.74, 6) is 0.397. The van der Waals surface area contributed by atoms with Gasteiger partial charge < -0.3 is 34.2 Å². The molecule has 12 heteroatoms. The molecule has 2 aromatic carbocycles. The van der Waals surface area contributed by atoms with Crippen molar-refractivity contribution in [3.05, 3.63) is 52.6 Å². The standard InChI is InChI=1S/C39H53N5O7/c1-26-21-29(22-27(2)37(26)51-28(3)45)23-31(38(47)43-17-15-41(16-18-43)32-10-19-50-20-11-32)25-36(46)42-12-8-33(9-13-42)44-14-7-30-24-34(49-4)5-6-35(30)40-39(44)48/h5-6,21-22,24,31-33H,7-20,23,25H2,1-4H3,(H,40,48)/t31-/m0/s1. The lowest BCUT2D eigenvalue weighted by atomic mass is 9.91. The molecule has 0 bridgehead atoms. The van der Waals surface area contributed by atoms with Gasteiger partial charge in [-0.25, -0.2) is 4.79 Å². The molecule has 0 saturated carbocycles. The second kappa shape index (κ2) is 16.5. The topological polar surface area (TPSA) is 121 Å². The third-order valence-electron chi connectivity index (χ3n) is 11.0. The van der Waals surface area contributed by atoms with Gasteiger partial charge in [0.2, 0.25) is 11.8 Å². The first-order valence-corrected chi connectivity index (χ1v) is 18.5. The number of hydrogen-bond donors (Lipinski definition) is 1. The summed E-state index contributed by atoms with van der Waals surface area (Å²) >= 11 is 0. The van der Waals surface area contributed by atoms with Gasteiger partial charge >= 0.3 is 12.0 Å². The number of esters is 1. The minimum absolute atomic E-state index is 0.0154. The van der Waals surface area contributed by atoms with Crippen LogP contribution in [0.15, 0.2) is 30.3 Å². The van der Waals surface area contributed by atoms with Gasteiger partial charge in [0.05, 0.1) is 13.0 Å². The number of aryl methyl sites for hydroxylation is 2. The molecule has 2 aromatic rings. The van der Waals surface area contributed by atoms with Crippen LogP contribution in [-0.4, -0.2) is 122 Å². The fourth-order valence-corrected chi connectivity index (χ4v) is 8.28. The molecule has 1 atom stereocenters. The molecular formula is C39H53N5O7. The zero-order valence-electron chi connectivity index (χ0n) is 30.6. The van der Waals surface area contributed by atoms with Gasteiger partial charge in [-0.1, -0.05) is 12.1 Å². The van der Waals surface area contributed by atoms with E-state index >= 15 is 0 Å². The lowest BCUT2D eigenvalue weighted by molar-refractivity contribution is -0.143. The predicted octanol–water partition coefficient (Wildman–Crippen LogP) is 4.19. The molecular weight excluding hydrogens is 650 g/mol. The monoisotopic (exact) mass is 703 g/mol. The van der Waals surface area contributed by atoms with Crippen molar-refractivity contribution in [1.29, 1.82) is 0 Å². The Kier molecular flexibility index (Phi) is 11.8. The van der Waals surface area contributed by atoms with Gasteiger partial charge in [-0.3, -0.25) is 19.3 Å². The van der Waals surface area contributed by atoms with Crippen LogP contribution >= 0.6 is 0 Å². The molecule has 0 spiro atoms. The van der Waals surface area contributed by atoms with E-state index in [2.05, 4.69) is 10.2 Å². The van der Waals surface area contributed by atoms with E-state index in [4.69, 9.17) is 14.2 Å². The number of likely N-dealkylation sites (tertiary alicyclic amines) is 1. The van der Waals surface area contributed by atoms with Crippen molar-refractivity contribution in [2.24, 2.45) is 5.92 Å². The van der Waals surface area contributed by atoms with Gasteiger partial charge in [-0.2, -0.15) is 0 Å². The maximum absolute atomic E-state index is 14.2. The average molecular weight is 704 g/mol. The van der Waals surface area contributed by atoms with Crippen LogP contribution in [0.4, 0.5) is 10.5 Å². The molecule has 3 fully saturated rings. The molecule has 4 amide bonds. The summed E-state index contributed by atoms with van der Waals surface area (Å²) in [5, 5.41) is 3.07. The Labute approximate surface area is 301 Å². The molecule has 276 valence electrons. The van der Waals surface area contributed by atoms with E-state index in [9.17, 15) is 19.2 Å². The molecule has 0 aromatic heterocycles. The molecule has 4 aliphatic rings. The largest absolute Gasteiger partial charge is 0.497 e. The van der Waals surface area contributed by atoms with Gasteiger partial charge in [0.25, 0.3) is 0 Å². The maximum Gasteiger partial charge on any atom is 0.322 e. The molecule has 6 rings (SSSR count). The third kappa shape index (κ3) is 8.84. The van der Waals surface area contributed by atoms with Crippen molar-refractivity contribution in [1.82, 2.24) is 19.6 Å². The van der Waals surface area contributed by atoms with E-state index in [1.165, 1.54) is 6.92 Å². The maximum atomic E-state index is 14.2. The molecule has 4 aliphatic heterocycles.